The van der Waals surface area contributed by atoms with Gasteiger partial charge >= 0.3 is 0 Å². The fourth-order valence-electron chi connectivity index (χ4n) is 1.01. The first kappa shape index (κ1) is 10.6. The second-order valence-electron chi connectivity index (χ2n) is 3.23. The summed E-state index contributed by atoms with van der Waals surface area (Å²) in [5.41, 5.74) is 2.19. The maximum absolute atomic E-state index is 3.80. The quantitative estimate of drug-likeness (QED) is 0.432. The van der Waals surface area contributed by atoms with Crippen LogP contribution in [0, 0.1) is 11.8 Å². The van der Waals surface area contributed by atoms with Crippen LogP contribution in [0.4, 0.5) is 0 Å². The van der Waals surface area contributed by atoms with Crippen molar-refractivity contribution < 1.29 is 0 Å². The summed E-state index contributed by atoms with van der Waals surface area (Å²) in [5, 5.41) is 3.18. The molecule has 0 radical (unpaired) electrons. The van der Waals surface area contributed by atoms with Crippen molar-refractivity contribution in [2.24, 2.45) is 0 Å². The van der Waals surface area contributed by atoms with Crippen molar-refractivity contribution in [3.05, 3.63) is 48.0 Å². The Morgan fingerprint density at radius 3 is 2.71 bits per heavy atom. The largest absolute Gasteiger partial charge is 0.302 e. The molecule has 0 aliphatic heterocycles. The Labute approximate surface area is 85.8 Å². The van der Waals surface area contributed by atoms with Gasteiger partial charge in [-0.1, -0.05) is 42.2 Å². The molecule has 0 heterocycles. The highest BCUT2D eigenvalue weighted by Crippen LogP contribution is 1.94. The van der Waals surface area contributed by atoms with Crippen LogP contribution < -0.4 is 5.32 Å². The molecule has 1 aromatic rings. The zero-order valence-corrected chi connectivity index (χ0v) is 8.51. The van der Waals surface area contributed by atoms with Crippen LogP contribution in [0.15, 0.2) is 42.5 Å². The van der Waals surface area contributed by atoms with E-state index in [0.29, 0.717) is 6.54 Å². The van der Waals surface area contributed by atoms with E-state index in [-0.39, 0.29) is 0 Å². The zero-order valence-electron chi connectivity index (χ0n) is 8.51. The molecule has 0 aliphatic carbocycles. The van der Waals surface area contributed by atoms with Gasteiger partial charge in [0.2, 0.25) is 0 Å². The molecule has 1 N–H and O–H groups in total. The Balaban J connectivity index is 2.31. The molecule has 1 rings (SSSR count). The van der Waals surface area contributed by atoms with Crippen LogP contribution in [0.2, 0.25) is 0 Å². The van der Waals surface area contributed by atoms with Crippen molar-refractivity contribution in [1.29, 1.82) is 0 Å². The highest BCUT2D eigenvalue weighted by atomic mass is 14.8. The first-order valence-corrected chi connectivity index (χ1v) is 4.68. The minimum Gasteiger partial charge on any atom is -0.302 e. The maximum atomic E-state index is 3.80. The summed E-state index contributed by atoms with van der Waals surface area (Å²) >= 11 is 0. The van der Waals surface area contributed by atoms with E-state index in [9.17, 15) is 0 Å². The lowest BCUT2D eigenvalue weighted by atomic mass is 10.2. The Kier molecular flexibility index (Phi) is 4.54. The highest BCUT2D eigenvalue weighted by molar-refractivity contribution is 5.33. The van der Waals surface area contributed by atoms with Gasteiger partial charge in [-0.05, 0) is 19.1 Å². The van der Waals surface area contributed by atoms with E-state index in [2.05, 4.69) is 23.7 Å². The maximum Gasteiger partial charge on any atom is 0.0582 e. The van der Waals surface area contributed by atoms with Gasteiger partial charge in [0.1, 0.15) is 0 Å². The van der Waals surface area contributed by atoms with Gasteiger partial charge in [-0.2, -0.15) is 0 Å². The minimum absolute atomic E-state index is 0.710. The third-order valence-corrected chi connectivity index (χ3v) is 1.65. The van der Waals surface area contributed by atoms with Crippen LogP contribution in [0.3, 0.4) is 0 Å². The third kappa shape index (κ3) is 4.49. The molecule has 1 heteroatoms. The van der Waals surface area contributed by atoms with Crippen LogP contribution in [0.5, 0.6) is 0 Å². The van der Waals surface area contributed by atoms with Gasteiger partial charge in [-0.15, -0.1) is 0 Å². The third-order valence-electron chi connectivity index (χ3n) is 1.65. The number of benzene rings is 1. The zero-order chi connectivity index (χ0) is 10.2. The van der Waals surface area contributed by atoms with E-state index in [1.165, 1.54) is 0 Å². The molecule has 14 heavy (non-hydrogen) atoms. The van der Waals surface area contributed by atoms with Gasteiger partial charge in [-0.3, -0.25) is 0 Å². The average molecular weight is 185 g/mol. The normalized spacial score (nSPS) is 8.93. The molecular formula is C13H15N. The summed E-state index contributed by atoms with van der Waals surface area (Å²) < 4.78 is 0. The molecule has 0 aliphatic rings. The van der Waals surface area contributed by atoms with Crippen LogP contribution >= 0.6 is 0 Å². The molecule has 1 nitrogen and oxygen atoms in total. The molecule has 0 atom stereocenters. The molecule has 0 fully saturated rings. The van der Waals surface area contributed by atoms with Gasteiger partial charge in [0.15, 0.2) is 0 Å². The molecule has 0 saturated heterocycles. The van der Waals surface area contributed by atoms with E-state index in [1.54, 1.807) is 0 Å². The Bertz CT molecular complexity index is 340. The van der Waals surface area contributed by atoms with Crippen molar-refractivity contribution in [2.45, 2.75) is 6.92 Å². The van der Waals surface area contributed by atoms with Crippen LogP contribution in [-0.4, -0.2) is 13.1 Å². The van der Waals surface area contributed by atoms with E-state index < -0.39 is 0 Å². The van der Waals surface area contributed by atoms with Crippen molar-refractivity contribution in [2.75, 3.05) is 13.1 Å². The fraction of sp³-hybridized carbons (Fsp3) is 0.231. The lowest BCUT2D eigenvalue weighted by Crippen LogP contribution is -2.15. The summed E-state index contributed by atoms with van der Waals surface area (Å²) in [7, 11) is 0. The first-order valence-electron chi connectivity index (χ1n) is 4.68. The van der Waals surface area contributed by atoms with E-state index in [0.717, 1.165) is 17.7 Å². The standard InChI is InChI=1S/C13H15N/c1-12(2)11-14-10-6-9-13-7-4-3-5-8-13/h3-5,7-8,14H,1,10-11H2,2H3. The van der Waals surface area contributed by atoms with E-state index in [4.69, 9.17) is 0 Å². The van der Waals surface area contributed by atoms with Gasteiger partial charge in [0.05, 0.1) is 6.54 Å². The predicted molar refractivity (Wildman–Crippen MR) is 61.0 cm³/mol. The van der Waals surface area contributed by atoms with Crippen LogP contribution in [-0.2, 0) is 0 Å². The first-order chi connectivity index (χ1) is 6.79. The lowest BCUT2D eigenvalue weighted by molar-refractivity contribution is 0.828. The minimum atomic E-state index is 0.710. The average Bonchev–Trinajstić information content (AvgIpc) is 2.18. The van der Waals surface area contributed by atoms with Gasteiger partial charge < -0.3 is 5.32 Å². The van der Waals surface area contributed by atoms with Crippen LogP contribution in [0.25, 0.3) is 0 Å². The monoisotopic (exact) mass is 185 g/mol. The lowest BCUT2D eigenvalue weighted by Gasteiger charge is -1.96. The summed E-state index contributed by atoms with van der Waals surface area (Å²) in [6, 6.07) is 9.98. The van der Waals surface area contributed by atoms with Gasteiger partial charge in [0, 0.05) is 12.1 Å². The fourth-order valence-corrected chi connectivity index (χ4v) is 1.01. The molecule has 0 saturated carbocycles. The number of hydrogen-bond acceptors (Lipinski definition) is 1. The molecule has 0 spiro atoms. The van der Waals surface area contributed by atoms with Crippen molar-refractivity contribution in [1.82, 2.24) is 5.32 Å². The van der Waals surface area contributed by atoms with Gasteiger partial charge in [-0.25, -0.2) is 0 Å². The molecule has 0 unspecified atom stereocenters. The molecule has 0 aromatic heterocycles. The SMILES string of the molecule is C=C(C)CNCC#Cc1ccccc1. The molecule has 72 valence electrons. The predicted octanol–water partition coefficient (Wildman–Crippen LogP) is 2.20. The Morgan fingerprint density at radius 1 is 1.36 bits per heavy atom. The molecular weight excluding hydrogens is 170 g/mol. The van der Waals surface area contributed by atoms with Crippen LogP contribution in [0.1, 0.15) is 12.5 Å². The van der Waals surface area contributed by atoms with E-state index in [1.807, 2.05) is 37.3 Å². The number of nitrogens with one attached hydrogen (secondary N) is 1. The number of hydrogen-bond donors (Lipinski definition) is 1. The summed E-state index contributed by atoms with van der Waals surface area (Å²) in [6.45, 7) is 7.34. The Morgan fingerprint density at radius 2 is 2.07 bits per heavy atom. The second kappa shape index (κ2) is 6.01. The molecule has 0 bridgehead atoms. The van der Waals surface area contributed by atoms with Crippen molar-refractivity contribution >= 4 is 0 Å². The molecule has 1 aromatic carbocycles. The summed E-state index contributed by atoms with van der Waals surface area (Å²) in [5.74, 6) is 6.13. The van der Waals surface area contributed by atoms with E-state index >= 15 is 0 Å². The van der Waals surface area contributed by atoms with Gasteiger partial charge in [0.25, 0.3) is 0 Å². The highest BCUT2D eigenvalue weighted by Gasteiger charge is 1.83. The smallest absolute Gasteiger partial charge is 0.0582 e. The summed E-state index contributed by atoms with van der Waals surface area (Å²) in [4.78, 5) is 0. The van der Waals surface area contributed by atoms with Crippen molar-refractivity contribution in [3.63, 3.8) is 0 Å². The summed E-state index contributed by atoms with van der Waals surface area (Å²) in [6.07, 6.45) is 0. The number of rotatable bonds is 3. The Hall–Kier alpha value is -1.52. The molecule has 0 amide bonds. The van der Waals surface area contributed by atoms with Crippen molar-refractivity contribution in [3.8, 4) is 11.8 Å². The second-order valence-corrected chi connectivity index (χ2v) is 3.23. The topological polar surface area (TPSA) is 12.0 Å².